The number of aromatic nitrogens is 2. The zero-order chi connectivity index (χ0) is 56.7. The van der Waals surface area contributed by atoms with Crippen LogP contribution in [0.25, 0.3) is 77.2 Å². The van der Waals surface area contributed by atoms with Gasteiger partial charge in [-0.05, 0) is 162 Å². The van der Waals surface area contributed by atoms with Gasteiger partial charge in [-0.3, -0.25) is 0 Å². The average Bonchev–Trinajstić information content (AvgIpc) is 2.26. The molecule has 16 rings (SSSR count). The minimum Gasteiger partial charge on any atom is -0.309 e. The first-order valence-electron chi connectivity index (χ1n) is 30.1. The summed E-state index contributed by atoms with van der Waals surface area (Å²) in [7, 11) is 0. The number of nitrogens with zero attached hydrogens (tertiary/aromatic N) is 2. The molecule has 0 N–H and O–H groups in total. The van der Waals surface area contributed by atoms with E-state index in [2.05, 4.69) is 330 Å². The molecule has 0 saturated heterocycles. The summed E-state index contributed by atoms with van der Waals surface area (Å²) in [6.07, 6.45) is 9.43. The highest BCUT2D eigenvalue weighted by Crippen LogP contribution is 2.61. The van der Waals surface area contributed by atoms with Gasteiger partial charge >= 0.3 is 0 Å². The van der Waals surface area contributed by atoms with Gasteiger partial charge in [-0.1, -0.05) is 248 Å². The van der Waals surface area contributed by atoms with Crippen molar-refractivity contribution in [2.24, 2.45) is 5.92 Å². The molecule has 0 bridgehead atoms. The van der Waals surface area contributed by atoms with Crippen LogP contribution in [0.4, 0.5) is 0 Å². The van der Waals surface area contributed by atoms with Gasteiger partial charge < -0.3 is 9.13 Å². The molecule has 84 heavy (non-hydrogen) atoms. The van der Waals surface area contributed by atoms with Crippen LogP contribution in [0.1, 0.15) is 103 Å². The Morgan fingerprint density at radius 3 is 1.27 bits per heavy atom. The number of fused-ring (bicyclic) bond motifs is 12. The van der Waals surface area contributed by atoms with Crippen LogP contribution in [0.3, 0.4) is 0 Å². The van der Waals surface area contributed by atoms with E-state index in [1.165, 1.54) is 122 Å². The van der Waals surface area contributed by atoms with Crippen LogP contribution < -0.4 is 0 Å². The van der Waals surface area contributed by atoms with Gasteiger partial charge in [0.25, 0.3) is 0 Å². The molecule has 0 aliphatic heterocycles. The van der Waals surface area contributed by atoms with Crippen molar-refractivity contribution in [1.82, 2.24) is 9.13 Å². The van der Waals surface area contributed by atoms with E-state index < -0.39 is 10.8 Å². The molecule has 3 aliphatic carbocycles. The normalized spacial score (nSPS) is 17.7. The van der Waals surface area contributed by atoms with Gasteiger partial charge in [0, 0.05) is 44.8 Å². The molecule has 2 heteroatoms. The average molecular weight is 1080 g/mol. The SMILES string of the molecule is CC(C)(C)c1ccc2c(c1)c1cc(C(C)(C)C)ccc1n2-c1ccc(-c2ccc(-n3c4ccc(C5(c6ccccc6)c6ccccc6-c6ccccc65)cc4c4cc(C5(c6ccccc6)c6ccccc6C6C=CC=CC65)ccc43)cc2)cc1. The van der Waals surface area contributed by atoms with Crippen molar-refractivity contribution in [1.29, 1.82) is 0 Å². The van der Waals surface area contributed by atoms with Crippen molar-refractivity contribution in [3.8, 4) is 33.6 Å². The van der Waals surface area contributed by atoms with Crippen molar-refractivity contribution in [3.63, 3.8) is 0 Å². The van der Waals surface area contributed by atoms with Crippen LogP contribution in [0.15, 0.2) is 279 Å². The third kappa shape index (κ3) is 7.22. The Morgan fingerprint density at radius 1 is 0.333 bits per heavy atom. The number of hydrogen-bond acceptors (Lipinski definition) is 0. The Morgan fingerprint density at radius 2 is 0.750 bits per heavy atom. The predicted octanol–water partition coefficient (Wildman–Crippen LogP) is 20.7. The molecule has 2 aromatic heterocycles. The van der Waals surface area contributed by atoms with E-state index in [1.54, 1.807) is 0 Å². The molecule has 0 saturated carbocycles. The fourth-order valence-corrected chi connectivity index (χ4v) is 15.5. The molecule has 0 radical (unpaired) electrons. The summed E-state index contributed by atoms with van der Waals surface area (Å²) < 4.78 is 4.97. The lowest BCUT2D eigenvalue weighted by Gasteiger charge is -2.39. The fourth-order valence-electron chi connectivity index (χ4n) is 15.5. The van der Waals surface area contributed by atoms with E-state index in [4.69, 9.17) is 0 Å². The summed E-state index contributed by atoms with van der Waals surface area (Å²) in [6.45, 7) is 13.8. The summed E-state index contributed by atoms with van der Waals surface area (Å²) in [5.74, 6) is 0.457. The van der Waals surface area contributed by atoms with E-state index in [1.807, 2.05) is 0 Å². The molecule has 0 spiro atoms. The molecule has 2 nitrogen and oxygen atoms in total. The standard InChI is InChI=1S/C82H66N2/c1-79(2,3)57-37-45-75-67(49-57)68-50-58(80(4,5)6)38-46-76(68)83(75)61-41-33-53(34-42-61)54-35-43-62(44-36-54)84-77-47-39-59(81(55-21-9-7-10-22-55)71-29-17-13-25-63(71)64-26-14-18-30-72(64)81)51-69(77)70-52-60(40-48-78(70)84)82(56-23-11-8-12-24-56)73-31-19-15-27-65(73)66-28-16-20-32-74(66)82/h7-52,63,71H,1-6H3. The minimum absolute atomic E-state index is 0.0433. The number of rotatable bonds is 7. The molecule has 404 valence electrons. The van der Waals surface area contributed by atoms with Crippen molar-refractivity contribution >= 4 is 43.6 Å². The second kappa shape index (κ2) is 18.5. The van der Waals surface area contributed by atoms with E-state index >= 15 is 0 Å². The van der Waals surface area contributed by atoms with Gasteiger partial charge in [0.05, 0.1) is 32.9 Å². The van der Waals surface area contributed by atoms with Gasteiger partial charge in [0.1, 0.15) is 0 Å². The van der Waals surface area contributed by atoms with Crippen LogP contribution in [-0.4, -0.2) is 9.13 Å². The van der Waals surface area contributed by atoms with Crippen molar-refractivity contribution in [3.05, 3.63) is 335 Å². The lowest BCUT2D eigenvalue weighted by atomic mass is 9.63. The van der Waals surface area contributed by atoms with E-state index in [0.717, 1.165) is 11.4 Å². The molecule has 3 unspecified atom stereocenters. The lowest BCUT2D eigenvalue weighted by molar-refractivity contribution is 0.457. The summed E-state index contributed by atoms with van der Waals surface area (Å²) in [5, 5.41) is 5.09. The molecular weight excluding hydrogens is 1010 g/mol. The maximum Gasteiger partial charge on any atom is 0.0713 e. The number of hydrogen-bond donors (Lipinski definition) is 0. The van der Waals surface area contributed by atoms with Crippen LogP contribution in [0.2, 0.25) is 0 Å². The van der Waals surface area contributed by atoms with Crippen LogP contribution in [0, 0.1) is 5.92 Å². The Hall–Kier alpha value is -9.50. The molecule has 13 aromatic rings. The van der Waals surface area contributed by atoms with Gasteiger partial charge in [-0.2, -0.15) is 0 Å². The number of benzene rings is 11. The highest BCUT2D eigenvalue weighted by atomic mass is 15.0. The fraction of sp³-hybridized carbons (Fsp3) is 0.146. The Bertz CT molecular complexity index is 4720. The van der Waals surface area contributed by atoms with Crippen molar-refractivity contribution in [2.75, 3.05) is 0 Å². The smallest absolute Gasteiger partial charge is 0.0713 e. The maximum atomic E-state index is 2.57. The van der Waals surface area contributed by atoms with E-state index in [9.17, 15) is 0 Å². The summed E-state index contributed by atoms with van der Waals surface area (Å²) >= 11 is 0. The third-order valence-corrected chi connectivity index (χ3v) is 19.5. The molecule has 11 aromatic carbocycles. The van der Waals surface area contributed by atoms with E-state index in [-0.39, 0.29) is 22.7 Å². The van der Waals surface area contributed by atoms with Crippen LogP contribution in [-0.2, 0) is 21.7 Å². The quantitative estimate of drug-likeness (QED) is 0.151. The number of allylic oxidation sites excluding steroid dienone is 4. The Balaban J connectivity index is 0.874. The van der Waals surface area contributed by atoms with Crippen LogP contribution >= 0.6 is 0 Å². The van der Waals surface area contributed by atoms with Gasteiger partial charge in [-0.15, -0.1) is 0 Å². The van der Waals surface area contributed by atoms with Gasteiger partial charge in [0.2, 0.25) is 0 Å². The minimum atomic E-state index is -0.541. The first-order chi connectivity index (χ1) is 40.9. The van der Waals surface area contributed by atoms with Crippen molar-refractivity contribution < 1.29 is 0 Å². The maximum absolute atomic E-state index is 2.57. The zero-order valence-electron chi connectivity index (χ0n) is 48.6. The third-order valence-electron chi connectivity index (χ3n) is 19.5. The zero-order valence-corrected chi connectivity index (χ0v) is 48.6. The highest BCUT2D eigenvalue weighted by molar-refractivity contribution is 6.11. The monoisotopic (exact) mass is 1080 g/mol. The largest absolute Gasteiger partial charge is 0.309 e. The lowest BCUT2D eigenvalue weighted by Crippen LogP contribution is -2.35. The Kier molecular flexibility index (Phi) is 11.1. The molecule has 3 aliphatic rings. The molecule has 0 amide bonds. The first kappa shape index (κ1) is 50.2. The van der Waals surface area contributed by atoms with Gasteiger partial charge in [0.15, 0.2) is 0 Å². The van der Waals surface area contributed by atoms with Crippen LogP contribution in [0.5, 0.6) is 0 Å². The Labute approximate surface area is 493 Å². The second-order valence-corrected chi connectivity index (χ2v) is 26.0. The summed E-state index contributed by atoms with van der Waals surface area (Å²) in [6, 6.07) is 97.4. The highest BCUT2D eigenvalue weighted by Gasteiger charge is 2.53. The second-order valence-electron chi connectivity index (χ2n) is 26.0. The van der Waals surface area contributed by atoms with Gasteiger partial charge in [-0.25, -0.2) is 0 Å². The van der Waals surface area contributed by atoms with Crippen molar-refractivity contribution in [2.45, 2.75) is 69.1 Å². The predicted molar refractivity (Wildman–Crippen MR) is 353 cm³/mol. The topological polar surface area (TPSA) is 9.86 Å². The van der Waals surface area contributed by atoms with E-state index in [0.29, 0.717) is 0 Å². The molecular formula is C82H66N2. The molecule has 0 fully saturated rings. The summed E-state index contributed by atoms with van der Waals surface area (Å²) in [5.41, 5.74) is 24.5. The summed E-state index contributed by atoms with van der Waals surface area (Å²) in [4.78, 5) is 0. The first-order valence-corrected chi connectivity index (χ1v) is 30.1. The molecule has 2 heterocycles. The molecule has 3 atom stereocenters.